The van der Waals surface area contributed by atoms with Crippen LogP contribution in [0.3, 0.4) is 0 Å². The Balaban J connectivity index is 2.19. The van der Waals surface area contributed by atoms with E-state index in [0.29, 0.717) is 17.5 Å². The first kappa shape index (κ1) is 18.4. The third-order valence-electron chi connectivity index (χ3n) is 4.28. The zero-order chi connectivity index (χ0) is 17.9. The molecule has 24 heavy (non-hydrogen) atoms. The molecule has 0 bridgehead atoms. The summed E-state index contributed by atoms with van der Waals surface area (Å²) in [6.45, 7) is 6.85. The quantitative estimate of drug-likeness (QED) is 0.431. The van der Waals surface area contributed by atoms with E-state index in [0.717, 1.165) is 12.5 Å². The predicted molar refractivity (Wildman–Crippen MR) is 94.8 cm³/mol. The van der Waals surface area contributed by atoms with E-state index in [2.05, 4.69) is 19.6 Å². The molecule has 2 rings (SSSR count). The number of fused-ring (bicyclic) bond motifs is 1. The maximum atomic E-state index is 12.6. The molecular weight excluding hydrogens is 322 g/mol. The smallest absolute Gasteiger partial charge is 0.307 e. The van der Waals surface area contributed by atoms with Gasteiger partial charge in [0.15, 0.2) is 0 Å². The Morgan fingerprint density at radius 3 is 2.12 bits per heavy atom. The van der Waals surface area contributed by atoms with E-state index in [1.807, 2.05) is 0 Å². The fourth-order valence-corrected chi connectivity index (χ4v) is 4.27. The molecule has 0 radical (unpaired) electrons. The lowest BCUT2D eigenvalue weighted by Gasteiger charge is -2.26. The Labute approximate surface area is 144 Å². The Kier molecular flexibility index (Phi) is 5.59. The summed E-state index contributed by atoms with van der Waals surface area (Å²) in [6, 6.07) is 7.46. The van der Waals surface area contributed by atoms with Crippen LogP contribution >= 0.6 is 0 Å². The summed E-state index contributed by atoms with van der Waals surface area (Å²) in [7, 11) is 0.109. The van der Waals surface area contributed by atoms with Gasteiger partial charge in [-0.2, -0.15) is 0 Å². The molecule has 0 saturated heterocycles. The summed E-state index contributed by atoms with van der Waals surface area (Å²) in [5.41, 5.74) is 0.838. The lowest BCUT2D eigenvalue weighted by atomic mass is 10.1. The van der Waals surface area contributed by atoms with Crippen molar-refractivity contribution in [1.29, 1.82) is 0 Å². The number of benzene rings is 1. The summed E-state index contributed by atoms with van der Waals surface area (Å²) in [5.74, 6) is -1.01. The van der Waals surface area contributed by atoms with Crippen LogP contribution in [0.15, 0.2) is 24.3 Å². The Hall–Kier alpha value is -1.95. The number of imide groups is 1. The highest BCUT2D eigenvalue weighted by Crippen LogP contribution is 2.28. The van der Waals surface area contributed by atoms with Gasteiger partial charge in [0.25, 0.3) is 11.8 Å². The van der Waals surface area contributed by atoms with Gasteiger partial charge in [-0.1, -0.05) is 44.2 Å². The monoisotopic (exact) mass is 347 g/mol. The van der Waals surface area contributed by atoms with Gasteiger partial charge < -0.3 is 4.74 Å². The summed E-state index contributed by atoms with van der Waals surface area (Å²) in [4.78, 5) is 38.3. The number of ether oxygens (including phenoxy) is 1. The highest BCUT2D eigenvalue weighted by Gasteiger charge is 2.40. The number of rotatable bonds is 7. The van der Waals surface area contributed by atoms with Crippen LogP contribution < -0.4 is 0 Å². The molecule has 1 unspecified atom stereocenters. The molecule has 0 spiro atoms. The summed E-state index contributed by atoms with van der Waals surface area (Å²) in [5, 5.41) is 0. The number of carbonyl (C=O) groups excluding carboxylic acids is 3. The number of hydrogen-bond acceptors (Lipinski definition) is 4. The maximum absolute atomic E-state index is 12.6. The van der Waals surface area contributed by atoms with Crippen molar-refractivity contribution in [3.63, 3.8) is 0 Å². The van der Waals surface area contributed by atoms with Crippen molar-refractivity contribution < 1.29 is 19.1 Å². The van der Waals surface area contributed by atoms with Gasteiger partial charge in [-0.3, -0.25) is 19.3 Å². The molecule has 6 heteroatoms. The number of carbonyl (C=O) groups is 3. The number of nitrogens with zero attached hydrogens (tertiary/aromatic N) is 1. The second-order valence-corrected chi connectivity index (χ2v) is 13.0. The minimum absolute atomic E-state index is 0.0493. The molecule has 5 nitrogen and oxygen atoms in total. The van der Waals surface area contributed by atoms with Crippen molar-refractivity contribution >= 4 is 25.9 Å². The van der Waals surface area contributed by atoms with Crippen molar-refractivity contribution in [1.82, 2.24) is 4.90 Å². The fraction of sp³-hybridized carbons (Fsp3) is 0.500. The second kappa shape index (κ2) is 7.30. The van der Waals surface area contributed by atoms with E-state index in [1.165, 1.54) is 12.0 Å². The number of amides is 2. The van der Waals surface area contributed by atoms with Gasteiger partial charge in [-0.25, -0.2) is 0 Å². The molecule has 1 aromatic carbocycles. The van der Waals surface area contributed by atoms with Crippen LogP contribution in [0.1, 0.15) is 40.0 Å². The third kappa shape index (κ3) is 4.11. The first-order valence-corrected chi connectivity index (χ1v) is 12.0. The van der Waals surface area contributed by atoms with Crippen LogP contribution in [0, 0.1) is 0 Å². The van der Waals surface area contributed by atoms with Gasteiger partial charge >= 0.3 is 5.97 Å². The standard InChI is InChI=1S/C18H25NO4Si/c1-23-16(20)12-13(8-7-11-24(2,3)4)19-17(21)14-9-5-6-10-15(14)18(19)22/h5-6,9-10,13H,7-8,11-12H2,1-4H3. The summed E-state index contributed by atoms with van der Waals surface area (Å²) in [6.07, 6.45) is 1.57. The highest BCUT2D eigenvalue weighted by molar-refractivity contribution is 6.76. The van der Waals surface area contributed by atoms with Gasteiger partial charge in [-0.05, 0) is 18.6 Å². The molecule has 1 heterocycles. The second-order valence-electron chi connectivity index (χ2n) is 7.41. The molecule has 1 aromatic rings. The van der Waals surface area contributed by atoms with Crippen molar-refractivity contribution in [2.45, 2.75) is 51.0 Å². The lowest BCUT2D eigenvalue weighted by molar-refractivity contribution is -0.141. The van der Waals surface area contributed by atoms with Crippen LogP contribution in [-0.4, -0.2) is 43.9 Å². The highest BCUT2D eigenvalue weighted by atomic mass is 28.3. The van der Waals surface area contributed by atoms with Crippen molar-refractivity contribution in [2.75, 3.05) is 7.11 Å². The van der Waals surface area contributed by atoms with E-state index in [-0.39, 0.29) is 18.2 Å². The molecule has 2 amide bonds. The molecule has 0 fully saturated rings. The van der Waals surface area contributed by atoms with E-state index < -0.39 is 20.1 Å². The first-order valence-electron chi connectivity index (χ1n) is 8.28. The average Bonchev–Trinajstić information content (AvgIpc) is 2.77. The molecule has 1 aliphatic rings. The Bertz CT molecular complexity index is 616. The van der Waals surface area contributed by atoms with Crippen molar-refractivity contribution in [3.8, 4) is 0 Å². The zero-order valence-corrected chi connectivity index (χ0v) is 15.8. The molecule has 0 N–H and O–H groups in total. The van der Waals surface area contributed by atoms with Gasteiger partial charge in [0.1, 0.15) is 0 Å². The zero-order valence-electron chi connectivity index (χ0n) is 14.8. The van der Waals surface area contributed by atoms with Crippen LogP contribution in [0.2, 0.25) is 25.7 Å². The maximum Gasteiger partial charge on any atom is 0.307 e. The normalized spacial score (nSPS) is 15.4. The fourth-order valence-electron chi connectivity index (χ4n) is 3.01. The molecule has 0 saturated carbocycles. The van der Waals surface area contributed by atoms with Crippen LogP contribution in [0.5, 0.6) is 0 Å². The van der Waals surface area contributed by atoms with E-state index in [4.69, 9.17) is 4.74 Å². The van der Waals surface area contributed by atoms with Crippen molar-refractivity contribution in [2.24, 2.45) is 0 Å². The number of esters is 1. The average molecular weight is 347 g/mol. The molecule has 0 aromatic heterocycles. The SMILES string of the molecule is COC(=O)CC(CCC[Si](C)(C)C)N1C(=O)c2ccccc2C1=O. The largest absolute Gasteiger partial charge is 0.469 e. The topological polar surface area (TPSA) is 63.7 Å². The van der Waals surface area contributed by atoms with Crippen molar-refractivity contribution in [3.05, 3.63) is 35.4 Å². The van der Waals surface area contributed by atoms with E-state index in [1.54, 1.807) is 24.3 Å². The van der Waals surface area contributed by atoms with Crippen LogP contribution in [0.4, 0.5) is 0 Å². The minimum atomic E-state index is -1.21. The Morgan fingerprint density at radius 1 is 1.12 bits per heavy atom. The van der Waals surface area contributed by atoms with E-state index in [9.17, 15) is 14.4 Å². The number of methoxy groups -OCH3 is 1. The number of hydrogen-bond donors (Lipinski definition) is 0. The molecule has 0 aliphatic carbocycles. The van der Waals surface area contributed by atoms with Gasteiger partial charge in [0, 0.05) is 8.07 Å². The molecule has 130 valence electrons. The first-order chi connectivity index (χ1) is 11.2. The Morgan fingerprint density at radius 2 is 1.67 bits per heavy atom. The molecular formula is C18H25NO4Si. The van der Waals surface area contributed by atoms with Gasteiger partial charge in [-0.15, -0.1) is 0 Å². The van der Waals surface area contributed by atoms with E-state index >= 15 is 0 Å². The van der Waals surface area contributed by atoms with Gasteiger partial charge in [0.2, 0.25) is 0 Å². The molecule has 1 aliphatic heterocycles. The minimum Gasteiger partial charge on any atom is -0.469 e. The predicted octanol–water partition coefficient (Wildman–Crippen LogP) is 3.33. The van der Waals surface area contributed by atoms with Crippen LogP contribution in [0.25, 0.3) is 0 Å². The van der Waals surface area contributed by atoms with Gasteiger partial charge in [0.05, 0.1) is 30.7 Å². The summed E-state index contributed by atoms with van der Waals surface area (Å²) < 4.78 is 4.76. The summed E-state index contributed by atoms with van der Waals surface area (Å²) >= 11 is 0. The molecule has 1 atom stereocenters. The third-order valence-corrected chi connectivity index (χ3v) is 6.14. The lowest BCUT2D eigenvalue weighted by Crippen LogP contribution is -2.41. The van der Waals surface area contributed by atoms with Crippen LogP contribution in [-0.2, 0) is 9.53 Å².